The van der Waals surface area contributed by atoms with Crippen LogP contribution in [0.5, 0.6) is 0 Å². The number of hydrogen-bond donors (Lipinski definition) is 1. The number of aromatic nitrogens is 3. The van der Waals surface area contributed by atoms with E-state index in [9.17, 15) is 9.50 Å². The molecule has 0 spiro atoms. The molecule has 0 atom stereocenters. The van der Waals surface area contributed by atoms with Gasteiger partial charge in [-0.3, -0.25) is 0 Å². The van der Waals surface area contributed by atoms with E-state index in [0.29, 0.717) is 12.8 Å². The van der Waals surface area contributed by atoms with Gasteiger partial charge in [-0.15, -0.1) is 0 Å². The smallest absolute Gasteiger partial charge is 0.123 e. The Balaban J connectivity index is 1.22. The number of rotatable bonds is 6. The molecule has 0 radical (unpaired) electrons. The lowest BCUT2D eigenvalue weighted by Crippen LogP contribution is -2.42. The molecule has 1 aliphatic rings. The Bertz CT molecular complexity index is 852. The molecule has 27 heavy (non-hydrogen) atoms. The maximum Gasteiger partial charge on any atom is 0.123 e. The number of likely N-dealkylation sites (tertiary alicyclic amines) is 1. The van der Waals surface area contributed by atoms with E-state index < -0.39 is 5.60 Å². The van der Waals surface area contributed by atoms with Gasteiger partial charge in [0, 0.05) is 13.1 Å². The molecule has 1 fully saturated rings. The maximum atomic E-state index is 13.1. The SMILES string of the molecule is OC1(c2ccc(F)cc2)CCN(CCCCn2nc3ccccc3n2)CC1. The van der Waals surface area contributed by atoms with E-state index in [1.807, 2.05) is 24.3 Å². The Kier molecular flexibility index (Phi) is 5.18. The van der Waals surface area contributed by atoms with Crippen LogP contribution in [0.1, 0.15) is 31.2 Å². The molecule has 6 heteroatoms. The third-order valence-electron chi connectivity index (χ3n) is 5.48. The highest BCUT2D eigenvalue weighted by Crippen LogP contribution is 2.32. The third kappa shape index (κ3) is 4.17. The summed E-state index contributed by atoms with van der Waals surface area (Å²) in [5, 5.41) is 19.8. The van der Waals surface area contributed by atoms with Gasteiger partial charge < -0.3 is 10.0 Å². The van der Waals surface area contributed by atoms with Crippen LogP contribution in [-0.2, 0) is 12.1 Å². The number of piperidine rings is 1. The lowest BCUT2D eigenvalue weighted by atomic mass is 9.84. The molecule has 4 rings (SSSR count). The molecule has 1 aromatic heterocycles. The Hall–Kier alpha value is -2.31. The van der Waals surface area contributed by atoms with Crippen LogP contribution in [0, 0.1) is 5.82 Å². The monoisotopic (exact) mass is 368 g/mol. The van der Waals surface area contributed by atoms with Gasteiger partial charge >= 0.3 is 0 Å². The van der Waals surface area contributed by atoms with Crippen molar-refractivity contribution in [1.29, 1.82) is 0 Å². The fourth-order valence-corrected chi connectivity index (χ4v) is 3.79. The van der Waals surface area contributed by atoms with Crippen LogP contribution in [-0.4, -0.2) is 44.6 Å². The largest absolute Gasteiger partial charge is 0.385 e. The van der Waals surface area contributed by atoms with Gasteiger partial charge in [0.1, 0.15) is 16.9 Å². The molecule has 0 unspecified atom stereocenters. The Morgan fingerprint density at radius 2 is 1.48 bits per heavy atom. The standard InChI is InChI=1S/C21H25FN4O/c22-18-9-7-17(8-10-18)21(27)11-15-25(16-12-21)13-3-4-14-26-23-19-5-1-2-6-20(19)24-26/h1-2,5-10,27H,3-4,11-16H2. The zero-order valence-corrected chi connectivity index (χ0v) is 15.4. The number of aliphatic hydroxyl groups is 1. The molecule has 3 aromatic rings. The number of benzene rings is 2. The van der Waals surface area contributed by atoms with Crippen molar-refractivity contribution in [3.63, 3.8) is 0 Å². The fraction of sp³-hybridized carbons (Fsp3) is 0.429. The van der Waals surface area contributed by atoms with Crippen LogP contribution in [0.15, 0.2) is 48.5 Å². The summed E-state index contributed by atoms with van der Waals surface area (Å²) in [5.41, 5.74) is 1.87. The molecule has 2 heterocycles. The number of unbranched alkanes of at least 4 members (excludes halogenated alkanes) is 1. The van der Waals surface area contributed by atoms with E-state index in [2.05, 4.69) is 15.1 Å². The average molecular weight is 368 g/mol. The van der Waals surface area contributed by atoms with E-state index in [1.165, 1.54) is 12.1 Å². The lowest BCUT2D eigenvalue weighted by Gasteiger charge is -2.38. The summed E-state index contributed by atoms with van der Waals surface area (Å²) in [7, 11) is 0. The zero-order valence-electron chi connectivity index (χ0n) is 15.4. The summed E-state index contributed by atoms with van der Waals surface area (Å²) in [6.45, 7) is 3.55. The van der Waals surface area contributed by atoms with Gasteiger partial charge in [0.05, 0.1) is 12.1 Å². The number of aryl methyl sites for hydroxylation is 1. The number of hydrogen-bond acceptors (Lipinski definition) is 4. The number of nitrogens with zero attached hydrogens (tertiary/aromatic N) is 4. The van der Waals surface area contributed by atoms with Crippen molar-refractivity contribution in [3.05, 3.63) is 59.9 Å². The molecule has 142 valence electrons. The first-order valence-corrected chi connectivity index (χ1v) is 9.63. The van der Waals surface area contributed by atoms with Crippen molar-refractivity contribution in [2.75, 3.05) is 19.6 Å². The van der Waals surface area contributed by atoms with Gasteiger partial charge in [0.25, 0.3) is 0 Å². The molecule has 1 saturated heterocycles. The van der Waals surface area contributed by atoms with Gasteiger partial charge in [-0.1, -0.05) is 24.3 Å². The minimum Gasteiger partial charge on any atom is -0.385 e. The molecule has 0 saturated carbocycles. The fourth-order valence-electron chi connectivity index (χ4n) is 3.79. The van der Waals surface area contributed by atoms with Gasteiger partial charge in [0.2, 0.25) is 0 Å². The molecule has 1 N–H and O–H groups in total. The highest BCUT2D eigenvalue weighted by atomic mass is 19.1. The average Bonchev–Trinajstić information content (AvgIpc) is 3.10. The summed E-state index contributed by atoms with van der Waals surface area (Å²) in [6, 6.07) is 14.2. The predicted molar refractivity (Wildman–Crippen MR) is 103 cm³/mol. The van der Waals surface area contributed by atoms with Crippen molar-refractivity contribution in [2.45, 2.75) is 37.8 Å². The van der Waals surface area contributed by atoms with Crippen LogP contribution in [0.2, 0.25) is 0 Å². The minimum atomic E-state index is -0.830. The van der Waals surface area contributed by atoms with Crippen LogP contribution < -0.4 is 0 Å². The maximum absolute atomic E-state index is 13.1. The molecular formula is C21H25FN4O. The van der Waals surface area contributed by atoms with E-state index in [0.717, 1.165) is 55.6 Å². The zero-order chi connectivity index (χ0) is 18.7. The van der Waals surface area contributed by atoms with Gasteiger partial charge in [0.15, 0.2) is 0 Å². The first-order chi connectivity index (χ1) is 13.1. The van der Waals surface area contributed by atoms with Crippen LogP contribution >= 0.6 is 0 Å². The van der Waals surface area contributed by atoms with E-state index in [-0.39, 0.29) is 5.82 Å². The van der Waals surface area contributed by atoms with E-state index >= 15 is 0 Å². The van der Waals surface area contributed by atoms with Gasteiger partial charge in [-0.25, -0.2) is 4.39 Å². The first-order valence-electron chi connectivity index (χ1n) is 9.63. The first kappa shape index (κ1) is 18.1. The van der Waals surface area contributed by atoms with Gasteiger partial charge in [-0.05, 0) is 62.1 Å². The highest BCUT2D eigenvalue weighted by Gasteiger charge is 2.33. The summed E-state index contributed by atoms with van der Waals surface area (Å²) in [4.78, 5) is 4.18. The summed E-state index contributed by atoms with van der Waals surface area (Å²) in [6.07, 6.45) is 3.47. The van der Waals surface area contributed by atoms with Crippen LogP contribution in [0.25, 0.3) is 11.0 Å². The molecule has 0 amide bonds. The second-order valence-corrected chi connectivity index (χ2v) is 7.37. The van der Waals surface area contributed by atoms with E-state index in [4.69, 9.17) is 0 Å². The van der Waals surface area contributed by atoms with Crippen molar-refractivity contribution in [2.24, 2.45) is 0 Å². The molecule has 5 nitrogen and oxygen atoms in total. The predicted octanol–water partition coefficient (Wildman–Crippen LogP) is 3.33. The van der Waals surface area contributed by atoms with Gasteiger partial charge in [-0.2, -0.15) is 15.0 Å². The van der Waals surface area contributed by atoms with Crippen molar-refractivity contribution >= 4 is 11.0 Å². The Morgan fingerprint density at radius 1 is 0.889 bits per heavy atom. The highest BCUT2D eigenvalue weighted by molar-refractivity contribution is 5.72. The third-order valence-corrected chi connectivity index (χ3v) is 5.48. The summed E-state index contributed by atoms with van der Waals surface area (Å²) < 4.78 is 13.1. The molecular weight excluding hydrogens is 343 g/mol. The normalized spacial score (nSPS) is 17.4. The van der Waals surface area contributed by atoms with Crippen LogP contribution in [0.4, 0.5) is 4.39 Å². The molecule has 2 aromatic carbocycles. The topological polar surface area (TPSA) is 54.2 Å². The van der Waals surface area contributed by atoms with Crippen molar-refractivity contribution in [1.82, 2.24) is 19.9 Å². The summed E-state index contributed by atoms with van der Waals surface area (Å²) in [5.74, 6) is -0.264. The van der Waals surface area contributed by atoms with Crippen LogP contribution in [0.3, 0.4) is 0 Å². The van der Waals surface area contributed by atoms with E-state index in [1.54, 1.807) is 16.9 Å². The minimum absolute atomic E-state index is 0.264. The number of halogens is 1. The lowest BCUT2D eigenvalue weighted by molar-refractivity contribution is -0.0261. The quantitative estimate of drug-likeness (QED) is 0.678. The summed E-state index contributed by atoms with van der Waals surface area (Å²) >= 11 is 0. The second-order valence-electron chi connectivity index (χ2n) is 7.37. The Labute approximate surface area is 158 Å². The van der Waals surface area contributed by atoms with Crippen molar-refractivity contribution < 1.29 is 9.50 Å². The molecule has 0 bridgehead atoms. The molecule has 0 aliphatic carbocycles. The van der Waals surface area contributed by atoms with Crippen molar-refractivity contribution in [3.8, 4) is 0 Å². The number of fused-ring (bicyclic) bond motifs is 1. The molecule has 1 aliphatic heterocycles. The Morgan fingerprint density at radius 3 is 2.11 bits per heavy atom. The second kappa shape index (κ2) is 7.74.